The molecular formula is C17H26N2O. The molecule has 1 atom stereocenters. The molecule has 0 aliphatic heterocycles. The van der Waals surface area contributed by atoms with Crippen LogP contribution in [0.5, 0.6) is 5.75 Å². The zero-order chi connectivity index (χ0) is 15.0. The molecule has 0 radical (unpaired) electrons. The number of benzene rings is 1. The van der Waals surface area contributed by atoms with Crippen molar-refractivity contribution in [2.45, 2.75) is 39.7 Å². The van der Waals surface area contributed by atoms with Gasteiger partial charge in [0.1, 0.15) is 11.8 Å². The van der Waals surface area contributed by atoms with E-state index < -0.39 is 0 Å². The zero-order valence-corrected chi connectivity index (χ0v) is 13.1. The molecule has 0 spiro atoms. The average molecular weight is 274 g/mol. The maximum absolute atomic E-state index is 8.98. The maximum Gasteiger partial charge on any atom is 0.137 e. The van der Waals surface area contributed by atoms with Crippen LogP contribution in [0.25, 0.3) is 0 Å². The van der Waals surface area contributed by atoms with E-state index in [-0.39, 0.29) is 0 Å². The molecule has 0 bridgehead atoms. The lowest BCUT2D eigenvalue weighted by atomic mass is 10.0. The summed E-state index contributed by atoms with van der Waals surface area (Å²) in [6, 6.07) is 10.1. The molecule has 3 heteroatoms. The van der Waals surface area contributed by atoms with Gasteiger partial charge in [0.05, 0.1) is 12.2 Å². The first-order chi connectivity index (χ1) is 9.54. The zero-order valence-electron chi connectivity index (χ0n) is 13.1. The number of ether oxygens (including phenoxy) is 1. The lowest BCUT2D eigenvalue weighted by Gasteiger charge is -2.26. The van der Waals surface area contributed by atoms with Gasteiger partial charge < -0.3 is 9.64 Å². The SMILES string of the molecule is CC(C)CC(C)N(C)CCCOc1ccccc1C#N. The van der Waals surface area contributed by atoms with E-state index in [0.29, 0.717) is 24.0 Å². The van der Waals surface area contributed by atoms with E-state index in [0.717, 1.165) is 18.9 Å². The summed E-state index contributed by atoms with van der Waals surface area (Å²) in [6.45, 7) is 8.45. The molecule has 110 valence electrons. The van der Waals surface area contributed by atoms with Gasteiger partial charge in [0.25, 0.3) is 0 Å². The Balaban J connectivity index is 2.30. The van der Waals surface area contributed by atoms with Gasteiger partial charge in [0.15, 0.2) is 0 Å². The quantitative estimate of drug-likeness (QED) is 0.678. The maximum atomic E-state index is 8.98. The van der Waals surface area contributed by atoms with Crippen molar-refractivity contribution in [3.8, 4) is 11.8 Å². The summed E-state index contributed by atoms with van der Waals surface area (Å²) >= 11 is 0. The minimum absolute atomic E-state index is 0.599. The summed E-state index contributed by atoms with van der Waals surface area (Å²) in [6.07, 6.45) is 2.19. The molecule has 0 N–H and O–H groups in total. The third kappa shape index (κ3) is 5.63. The van der Waals surface area contributed by atoms with Gasteiger partial charge in [-0.15, -0.1) is 0 Å². The van der Waals surface area contributed by atoms with Crippen molar-refractivity contribution in [3.05, 3.63) is 29.8 Å². The molecule has 3 nitrogen and oxygen atoms in total. The molecule has 0 aromatic heterocycles. The highest BCUT2D eigenvalue weighted by atomic mass is 16.5. The van der Waals surface area contributed by atoms with Crippen LogP contribution in [-0.4, -0.2) is 31.1 Å². The topological polar surface area (TPSA) is 36.3 Å². The van der Waals surface area contributed by atoms with E-state index in [1.54, 1.807) is 6.07 Å². The Morgan fingerprint density at radius 3 is 2.60 bits per heavy atom. The monoisotopic (exact) mass is 274 g/mol. The second-order valence-electron chi connectivity index (χ2n) is 5.77. The van der Waals surface area contributed by atoms with Gasteiger partial charge in [-0.3, -0.25) is 0 Å². The standard InChI is InChI=1S/C17H26N2O/c1-14(2)12-15(3)19(4)10-7-11-20-17-9-6-5-8-16(17)13-18/h5-6,8-9,14-15H,7,10-12H2,1-4H3. The van der Waals surface area contributed by atoms with Gasteiger partial charge in [0.2, 0.25) is 0 Å². The summed E-state index contributed by atoms with van der Waals surface area (Å²) in [5, 5.41) is 8.98. The van der Waals surface area contributed by atoms with Crippen molar-refractivity contribution in [3.63, 3.8) is 0 Å². The van der Waals surface area contributed by atoms with E-state index in [9.17, 15) is 0 Å². The van der Waals surface area contributed by atoms with Gasteiger partial charge in [-0.2, -0.15) is 5.26 Å². The van der Waals surface area contributed by atoms with E-state index in [1.807, 2.05) is 18.2 Å². The summed E-state index contributed by atoms with van der Waals surface area (Å²) in [4.78, 5) is 2.37. The molecular weight excluding hydrogens is 248 g/mol. The van der Waals surface area contributed by atoms with Crippen molar-refractivity contribution in [1.29, 1.82) is 5.26 Å². The first-order valence-electron chi connectivity index (χ1n) is 7.36. The van der Waals surface area contributed by atoms with Gasteiger partial charge in [-0.25, -0.2) is 0 Å². The Hall–Kier alpha value is -1.53. The minimum Gasteiger partial charge on any atom is -0.492 e. The van der Waals surface area contributed by atoms with Crippen LogP contribution >= 0.6 is 0 Å². The molecule has 0 saturated carbocycles. The lowest BCUT2D eigenvalue weighted by Crippen LogP contribution is -2.31. The Kier molecular flexibility index (Phi) is 7.11. The fourth-order valence-corrected chi connectivity index (χ4v) is 2.26. The van der Waals surface area contributed by atoms with Crippen molar-refractivity contribution in [1.82, 2.24) is 4.90 Å². The van der Waals surface area contributed by atoms with E-state index in [1.165, 1.54) is 6.42 Å². The molecule has 20 heavy (non-hydrogen) atoms. The predicted molar refractivity (Wildman–Crippen MR) is 82.8 cm³/mol. The number of hydrogen-bond donors (Lipinski definition) is 0. The van der Waals surface area contributed by atoms with Gasteiger partial charge >= 0.3 is 0 Å². The van der Waals surface area contributed by atoms with Crippen LogP contribution in [0.4, 0.5) is 0 Å². The van der Waals surface area contributed by atoms with Crippen LogP contribution in [-0.2, 0) is 0 Å². The highest BCUT2D eigenvalue weighted by molar-refractivity contribution is 5.42. The summed E-state index contributed by atoms with van der Waals surface area (Å²) in [7, 11) is 2.16. The predicted octanol–water partition coefficient (Wildman–Crippen LogP) is 3.69. The highest BCUT2D eigenvalue weighted by Gasteiger charge is 2.10. The lowest BCUT2D eigenvalue weighted by molar-refractivity contribution is 0.205. The van der Waals surface area contributed by atoms with Crippen molar-refractivity contribution in [2.75, 3.05) is 20.2 Å². The van der Waals surface area contributed by atoms with Gasteiger partial charge in [0, 0.05) is 12.6 Å². The number of para-hydroxylation sites is 1. The van der Waals surface area contributed by atoms with Crippen LogP contribution < -0.4 is 4.74 Å². The second-order valence-corrected chi connectivity index (χ2v) is 5.77. The Bertz CT molecular complexity index is 437. The summed E-state index contributed by atoms with van der Waals surface area (Å²) in [5.41, 5.74) is 0.606. The van der Waals surface area contributed by atoms with E-state index >= 15 is 0 Å². The third-order valence-electron chi connectivity index (χ3n) is 3.49. The normalized spacial score (nSPS) is 12.4. The molecule has 1 unspecified atom stereocenters. The molecule has 1 aromatic rings. The van der Waals surface area contributed by atoms with Crippen molar-refractivity contribution in [2.24, 2.45) is 5.92 Å². The Morgan fingerprint density at radius 2 is 1.95 bits per heavy atom. The minimum atomic E-state index is 0.599. The van der Waals surface area contributed by atoms with Crippen molar-refractivity contribution >= 4 is 0 Å². The van der Waals surface area contributed by atoms with Crippen LogP contribution in [0.1, 0.15) is 39.2 Å². The summed E-state index contributed by atoms with van der Waals surface area (Å²) in [5.74, 6) is 1.42. The van der Waals surface area contributed by atoms with Crippen molar-refractivity contribution < 1.29 is 4.74 Å². The Labute approximate surface area is 123 Å². The van der Waals surface area contributed by atoms with E-state index in [2.05, 4.69) is 38.8 Å². The number of rotatable bonds is 8. The fraction of sp³-hybridized carbons (Fsp3) is 0.588. The van der Waals surface area contributed by atoms with Crippen LogP contribution in [0, 0.1) is 17.2 Å². The first kappa shape index (κ1) is 16.5. The molecule has 0 amide bonds. The number of nitrogens with zero attached hydrogens (tertiary/aromatic N) is 2. The molecule has 1 rings (SSSR count). The largest absolute Gasteiger partial charge is 0.492 e. The van der Waals surface area contributed by atoms with E-state index in [4.69, 9.17) is 10.00 Å². The molecule has 0 aliphatic carbocycles. The first-order valence-corrected chi connectivity index (χ1v) is 7.36. The number of hydrogen-bond acceptors (Lipinski definition) is 3. The molecule has 0 fully saturated rings. The van der Waals surface area contributed by atoms with Crippen LogP contribution in [0.3, 0.4) is 0 Å². The molecule has 0 aliphatic rings. The Morgan fingerprint density at radius 1 is 1.25 bits per heavy atom. The smallest absolute Gasteiger partial charge is 0.137 e. The summed E-state index contributed by atoms with van der Waals surface area (Å²) < 4.78 is 5.69. The third-order valence-corrected chi connectivity index (χ3v) is 3.49. The molecule has 0 heterocycles. The van der Waals surface area contributed by atoms with Crippen LogP contribution in [0.2, 0.25) is 0 Å². The highest BCUT2D eigenvalue weighted by Crippen LogP contribution is 2.16. The fourth-order valence-electron chi connectivity index (χ4n) is 2.26. The molecule has 1 aromatic carbocycles. The second kappa shape index (κ2) is 8.60. The van der Waals surface area contributed by atoms with Gasteiger partial charge in [-0.05, 0) is 44.9 Å². The average Bonchev–Trinajstić information content (AvgIpc) is 2.43. The van der Waals surface area contributed by atoms with Gasteiger partial charge in [-0.1, -0.05) is 26.0 Å². The van der Waals surface area contributed by atoms with Crippen LogP contribution in [0.15, 0.2) is 24.3 Å². The molecule has 0 saturated heterocycles. The number of nitriles is 1.